The van der Waals surface area contributed by atoms with Crippen molar-refractivity contribution in [2.24, 2.45) is 5.73 Å². The Hall–Kier alpha value is -1.65. The Morgan fingerprint density at radius 1 is 1.22 bits per heavy atom. The van der Waals surface area contributed by atoms with Gasteiger partial charge in [-0.2, -0.15) is 0 Å². The zero-order valence-electron chi connectivity index (χ0n) is 9.56. The zero-order valence-corrected chi connectivity index (χ0v) is 11.1. The zero-order chi connectivity index (χ0) is 13.0. The molecule has 0 aliphatic rings. The number of halogens is 1. The van der Waals surface area contributed by atoms with Crippen molar-refractivity contribution in [1.29, 1.82) is 0 Å². The Labute approximate surface area is 116 Å². The predicted molar refractivity (Wildman–Crippen MR) is 78.9 cm³/mol. The van der Waals surface area contributed by atoms with Crippen molar-refractivity contribution < 1.29 is 0 Å². The van der Waals surface area contributed by atoms with Crippen molar-refractivity contribution in [2.45, 2.75) is 6.54 Å². The minimum absolute atomic E-state index is 0.288. The molecule has 0 bridgehead atoms. The van der Waals surface area contributed by atoms with Gasteiger partial charge in [-0.25, -0.2) is 4.98 Å². The first kappa shape index (κ1) is 12.8. The average molecular weight is 278 g/mol. The molecule has 3 nitrogen and oxygen atoms in total. The molecule has 2 rings (SSSR count). The molecule has 0 aliphatic carbocycles. The van der Waals surface area contributed by atoms with Crippen LogP contribution in [0, 0.1) is 0 Å². The Morgan fingerprint density at radius 3 is 2.72 bits per heavy atom. The lowest BCUT2D eigenvalue weighted by molar-refractivity contribution is 1.11. The fraction of sp³-hybridized carbons (Fsp3) is 0.0769. The molecule has 1 aromatic heterocycles. The van der Waals surface area contributed by atoms with Crippen LogP contribution >= 0.6 is 23.8 Å². The smallest absolute Gasteiger partial charge is 0.127 e. The molecular weight excluding hydrogens is 266 g/mol. The summed E-state index contributed by atoms with van der Waals surface area (Å²) in [4.78, 5) is 4.58. The van der Waals surface area contributed by atoms with Gasteiger partial charge in [0, 0.05) is 11.6 Å². The standard InChI is InChI=1S/C13H12ClN3S/c14-10-5-2-1-4-9(10)8-16-12-7-3-6-11(17-12)13(15)18/h1-7H,8H2,(H2,15,18)(H,16,17). The monoisotopic (exact) mass is 277 g/mol. The molecule has 92 valence electrons. The number of nitrogens with two attached hydrogens (primary N) is 1. The summed E-state index contributed by atoms with van der Waals surface area (Å²) in [5.74, 6) is 0.722. The summed E-state index contributed by atoms with van der Waals surface area (Å²) >= 11 is 11.0. The molecule has 0 atom stereocenters. The minimum atomic E-state index is 0.288. The van der Waals surface area contributed by atoms with Crippen LogP contribution in [-0.2, 0) is 6.54 Å². The Bertz CT molecular complexity index is 572. The number of nitrogens with one attached hydrogen (secondary N) is 1. The van der Waals surface area contributed by atoms with Crippen molar-refractivity contribution in [3.63, 3.8) is 0 Å². The molecular formula is C13H12ClN3S. The molecule has 1 heterocycles. The second-order valence-electron chi connectivity index (χ2n) is 3.72. The highest BCUT2D eigenvalue weighted by Crippen LogP contribution is 2.16. The van der Waals surface area contributed by atoms with Crippen LogP contribution in [0.3, 0.4) is 0 Å². The summed E-state index contributed by atoms with van der Waals surface area (Å²) in [5.41, 5.74) is 7.16. The highest BCUT2D eigenvalue weighted by atomic mass is 35.5. The fourth-order valence-corrected chi connectivity index (χ4v) is 1.81. The third-order valence-electron chi connectivity index (χ3n) is 2.42. The second kappa shape index (κ2) is 5.80. The topological polar surface area (TPSA) is 50.9 Å². The van der Waals surface area contributed by atoms with Crippen LogP contribution in [0.15, 0.2) is 42.5 Å². The number of aromatic nitrogens is 1. The van der Waals surface area contributed by atoms with Gasteiger partial charge in [0.1, 0.15) is 10.8 Å². The minimum Gasteiger partial charge on any atom is -0.388 e. The molecule has 2 aromatic rings. The van der Waals surface area contributed by atoms with E-state index in [0.717, 1.165) is 16.4 Å². The van der Waals surface area contributed by atoms with Crippen LogP contribution in [0.4, 0.5) is 5.82 Å². The molecule has 0 unspecified atom stereocenters. The third kappa shape index (κ3) is 3.18. The first-order valence-electron chi connectivity index (χ1n) is 5.41. The molecule has 1 aromatic carbocycles. The van der Waals surface area contributed by atoms with E-state index in [1.165, 1.54) is 0 Å². The van der Waals surface area contributed by atoms with Gasteiger partial charge in [0.05, 0.1) is 5.69 Å². The lowest BCUT2D eigenvalue weighted by Gasteiger charge is -2.08. The summed E-state index contributed by atoms with van der Waals surface area (Å²) in [5, 5.41) is 3.92. The number of anilines is 1. The normalized spacial score (nSPS) is 10.1. The molecule has 0 spiro atoms. The second-order valence-corrected chi connectivity index (χ2v) is 4.56. The number of rotatable bonds is 4. The number of hydrogen-bond acceptors (Lipinski definition) is 3. The average Bonchev–Trinajstić information content (AvgIpc) is 2.38. The highest BCUT2D eigenvalue weighted by molar-refractivity contribution is 7.80. The molecule has 0 saturated carbocycles. The van der Waals surface area contributed by atoms with Gasteiger partial charge in [-0.1, -0.05) is 48.1 Å². The van der Waals surface area contributed by atoms with Gasteiger partial charge in [0.25, 0.3) is 0 Å². The van der Waals surface area contributed by atoms with Gasteiger partial charge < -0.3 is 11.1 Å². The Morgan fingerprint density at radius 2 is 2.00 bits per heavy atom. The molecule has 18 heavy (non-hydrogen) atoms. The predicted octanol–water partition coefficient (Wildman–Crippen LogP) is 2.98. The molecule has 0 amide bonds. The van der Waals surface area contributed by atoms with Gasteiger partial charge >= 0.3 is 0 Å². The Kier molecular flexibility index (Phi) is 4.12. The number of nitrogens with zero attached hydrogens (tertiary/aromatic N) is 1. The van der Waals surface area contributed by atoms with Crippen LogP contribution in [0.5, 0.6) is 0 Å². The van der Waals surface area contributed by atoms with E-state index in [0.29, 0.717) is 12.2 Å². The molecule has 0 saturated heterocycles. The van der Waals surface area contributed by atoms with Gasteiger partial charge in [0.2, 0.25) is 0 Å². The van der Waals surface area contributed by atoms with E-state index in [1.807, 2.05) is 36.4 Å². The van der Waals surface area contributed by atoms with E-state index in [2.05, 4.69) is 10.3 Å². The summed E-state index contributed by atoms with van der Waals surface area (Å²) in [6, 6.07) is 13.2. The van der Waals surface area contributed by atoms with E-state index >= 15 is 0 Å². The van der Waals surface area contributed by atoms with Crippen LogP contribution in [0.25, 0.3) is 0 Å². The Balaban J connectivity index is 2.09. The SMILES string of the molecule is NC(=S)c1cccc(NCc2ccccc2Cl)n1. The summed E-state index contributed by atoms with van der Waals surface area (Å²) in [6.07, 6.45) is 0. The first-order chi connectivity index (χ1) is 8.66. The highest BCUT2D eigenvalue weighted by Gasteiger charge is 2.02. The van der Waals surface area contributed by atoms with Crippen molar-refractivity contribution >= 4 is 34.6 Å². The summed E-state index contributed by atoms with van der Waals surface area (Å²) in [6.45, 7) is 0.605. The lowest BCUT2D eigenvalue weighted by Crippen LogP contribution is -2.12. The van der Waals surface area contributed by atoms with Gasteiger partial charge in [-0.15, -0.1) is 0 Å². The van der Waals surface area contributed by atoms with Crippen molar-refractivity contribution in [1.82, 2.24) is 4.98 Å². The molecule has 0 aliphatic heterocycles. The summed E-state index contributed by atoms with van der Waals surface area (Å²) in [7, 11) is 0. The maximum atomic E-state index is 6.07. The summed E-state index contributed by atoms with van der Waals surface area (Å²) < 4.78 is 0. The van der Waals surface area contributed by atoms with E-state index < -0.39 is 0 Å². The number of hydrogen-bond donors (Lipinski definition) is 2. The largest absolute Gasteiger partial charge is 0.388 e. The number of benzene rings is 1. The van der Waals surface area contributed by atoms with Gasteiger partial charge in [-0.05, 0) is 23.8 Å². The quantitative estimate of drug-likeness (QED) is 0.844. The molecule has 3 N–H and O–H groups in total. The molecule has 0 radical (unpaired) electrons. The van der Waals surface area contributed by atoms with Gasteiger partial charge in [-0.3, -0.25) is 0 Å². The van der Waals surface area contributed by atoms with Crippen molar-refractivity contribution in [3.8, 4) is 0 Å². The van der Waals surface area contributed by atoms with Crippen molar-refractivity contribution in [3.05, 3.63) is 58.7 Å². The fourth-order valence-electron chi connectivity index (χ4n) is 1.50. The van der Waals surface area contributed by atoms with E-state index in [9.17, 15) is 0 Å². The van der Waals surface area contributed by atoms with Crippen LogP contribution < -0.4 is 11.1 Å². The van der Waals surface area contributed by atoms with Crippen LogP contribution in [0.1, 0.15) is 11.3 Å². The maximum Gasteiger partial charge on any atom is 0.127 e. The third-order valence-corrected chi connectivity index (χ3v) is 3.00. The van der Waals surface area contributed by atoms with E-state index in [4.69, 9.17) is 29.6 Å². The van der Waals surface area contributed by atoms with Gasteiger partial charge in [0.15, 0.2) is 0 Å². The molecule has 5 heteroatoms. The molecule has 0 fully saturated rings. The maximum absolute atomic E-state index is 6.07. The van der Waals surface area contributed by atoms with Crippen LogP contribution in [0.2, 0.25) is 5.02 Å². The van der Waals surface area contributed by atoms with E-state index in [1.54, 1.807) is 6.07 Å². The lowest BCUT2D eigenvalue weighted by atomic mass is 10.2. The number of pyridine rings is 1. The van der Waals surface area contributed by atoms with Crippen LogP contribution in [-0.4, -0.2) is 9.97 Å². The van der Waals surface area contributed by atoms with E-state index in [-0.39, 0.29) is 4.99 Å². The number of thiocarbonyl (C=S) groups is 1. The first-order valence-corrected chi connectivity index (χ1v) is 6.19. The van der Waals surface area contributed by atoms with Crippen molar-refractivity contribution in [2.75, 3.05) is 5.32 Å².